The van der Waals surface area contributed by atoms with Gasteiger partial charge in [-0.05, 0) is 24.0 Å². The molecule has 0 atom stereocenters. The van der Waals surface area contributed by atoms with Gasteiger partial charge in [-0.15, -0.1) is 0 Å². The molecule has 1 heterocycles. The molecule has 1 aromatic heterocycles. The summed E-state index contributed by atoms with van der Waals surface area (Å²) in [4.78, 5) is 4.38. The molecule has 0 amide bonds. The summed E-state index contributed by atoms with van der Waals surface area (Å²) in [5, 5.41) is 0. The van der Waals surface area contributed by atoms with E-state index in [0.717, 1.165) is 17.0 Å². The molecule has 0 aliphatic heterocycles. The van der Waals surface area contributed by atoms with Crippen LogP contribution in [0.1, 0.15) is 37.8 Å². The molecule has 0 aliphatic carbocycles. The second kappa shape index (κ2) is 3.09. The van der Waals surface area contributed by atoms with Gasteiger partial charge in [-0.1, -0.05) is 26.8 Å². The van der Waals surface area contributed by atoms with E-state index in [1.807, 2.05) is 6.92 Å². The fourth-order valence-corrected chi connectivity index (χ4v) is 1.84. The zero-order valence-corrected chi connectivity index (χ0v) is 10.0. The van der Waals surface area contributed by atoms with Crippen molar-refractivity contribution >= 4 is 11.1 Å². The van der Waals surface area contributed by atoms with Crippen molar-refractivity contribution in [2.24, 2.45) is 0 Å². The summed E-state index contributed by atoms with van der Waals surface area (Å²) in [6.45, 7) is 10.6. The fraction of sp³-hybridized carbons (Fsp3) is 0.462. The number of hydrogen-bond donors (Lipinski definition) is 0. The van der Waals surface area contributed by atoms with E-state index in [-0.39, 0.29) is 5.41 Å². The minimum absolute atomic E-state index is 0.0935. The van der Waals surface area contributed by atoms with E-state index in [9.17, 15) is 0 Å². The first-order valence-corrected chi connectivity index (χ1v) is 5.26. The van der Waals surface area contributed by atoms with Gasteiger partial charge in [0.1, 0.15) is 5.52 Å². The third-order valence-corrected chi connectivity index (χ3v) is 2.55. The largest absolute Gasteiger partial charge is 0.441 e. The molecule has 15 heavy (non-hydrogen) atoms. The van der Waals surface area contributed by atoms with Crippen molar-refractivity contribution in [3.63, 3.8) is 0 Å². The highest BCUT2D eigenvalue weighted by molar-refractivity contribution is 5.78. The maximum atomic E-state index is 5.67. The lowest BCUT2D eigenvalue weighted by Crippen LogP contribution is -2.11. The number of rotatable bonds is 0. The van der Waals surface area contributed by atoms with Crippen molar-refractivity contribution in [3.05, 3.63) is 29.2 Å². The van der Waals surface area contributed by atoms with Gasteiger partial charge in [0.25, 0.3) is 0 Å². The summed E-state index contributed by atoms with van der Waals surface area (Å²) >= 11 is 0. The number of benzene rings is 1. The first-order valence-electron chi connectivity index (χ1n) is 5.26. The van der Waals surface area contributed by atoms with E-state index in [1.165, 1.54) is 11.1 Å². The first kappa shape index (κ1) is 10.2. The van der Waals surface area contributed by atoms with Gasteiger partial charge in [-0.3, -0.25) is 0 Å². The highest BCUT2D eigenvalue weighted by atomic mass is 16.3. The van der Waals surface area contributed by atoms with Gasteiger partial charge in [0.15, 0.2) is 11.5 Å². The smallest absolute Gasteiger partial charge is 0.192 e. The van der Waals surface area contributed by atoms with Crippen LogP contribution in [0.4, 0.5) is 0 Å². The molecule has 2 heteroatoms. The second-order valence-electron chi connectivity index (χ2n) is 5.14. The predicted molar refractivity (Wildman–Crippen MR) is 62.2 cm³/mol. The number of oxazole rings is 1. The highest BCUT2D eigenvalue weighted by Crippen LogP contribution is 2.31. The summed E-state index contributed by atoms with van der Waals surface area (Å²) in [7, 11) is 0. The highest BCUT2D eigenvalue weighted by Gasteiger charge is 2.20. The molecular weight excluding hydrogens is 186 g/mol. The van der Waals surface area contributed by atoms with E-state index >= 15 is 0 Å². The van der Waals surface area contributed by atoms with Crippen LogP contribution in [0.3, 0.4) is 0 Å². The molecule has 0 fully saturated rings. The summed E-state index contributed by atoms with van der Waals surface area (Å²) in [5.41, 5.74) is 4.47. The monoisotopic (exact) mass is 203 g/mol. The molecule has 0 aliphatic rings. The van der Waals surface area contributed by atoms with Crippen molar-refractivity contribution in [3.8, 4) is 0 Å². The van der Waals surface area contributed by atoms with E-state index in [0.29, 0.717) is 0 Å². The topological polar surface area (TPSA) is 26.0 Å². The maximum absolute atomic E-state index is 5.67. The Bertz CT molecular complexity index is 503. The van der Waals surface area contributed by atoms with Crippen LogP contribution in [0.15, 0.2) is 16.5 Å². The molecule has 0 saturated heterocycles. The average molecular weight is 203 g/mol. The van der Waals surface area contributed by atoms with Gasteiger partial charge < -0.3 is 4.42 Å². The Balaban J connectivity index is 2.82. The maximum Gasteiger partial charge on any atom is 0.192 e. The van der Waals surface area contributed by atoms with Crippen molar-refractivity contribution in [1.82, 2.24) is 4.98 Å². The Morgan fingerprint density at radius 3 is 2.40 bits per heavy atom. The summed E-state index contributed by atoms with van der Waals surface area (Å²) < 4.78 is 5.67. The van der Waals surface area contributed by atoms with Crippen LogP contribution < -0.4 is 0 Å². The van der Waals surface area contributed by atoms with Crippen LogP contribution in [-0.4, -0.2) is 4.98 Å². The number of fused-ring (bicyclic) bond motifs is 1. The molecular formula is C13H17NO. The summed E-state index contributed by atoms with van der Waals surface area (Å²) in [6.07, 6.45) is 0. The Labute approximate surface area is 90.3 Å². The quantitative estimate of drug-likeness (QED) is 0.651. The lowest BCUT2D eigenvalue weighted by atomic mass is 9.85. The molecule has 1 aromatic carbocycles. The summed E-state index contributed by atoms with van der Waals surface area (Å²) in [5.74, 6) is 0.737. The van der Waals surface area contributed by atoms with Crippen molar-refractivity contribution < 1.29 is 4.42 Å². The number of hydrogen-bond acceptors (Lipinski definition) is 2. The molecule has 2 rings (SSSR count). The summed E-state index contributed by atoms with van der Waals surface area (Å²) in [6, 6.07) is 4.26. The SMILES string of the molecule is Cc1cc(C(C)(C)C)c2oc(C)nc2c1. The third-order valence-electron chi connectivity index (χ3n) is 2.55. The first-order chi connectivity index (χ1) is 6.88. The second-order valence-corrected chi connectivity index (χ2v) is 5.14. The van der Waals surface area contributed by atoms with Gasteiger partial charge in [0.05, 0.1) is 0 Å². The molecule has 0 bridgehead atoms. The van der Waals surface area contributed by atoms with Gasteiger partial charge in [-0.25, -0.2) is 4.98 Å². The number of aryl methyl sites for hydroxylation is 2. The normalized spacial score (nSPS) is 12.3. The molecule has 0 radical (unpaired) electrons. The minimum Gasteiger partial charge on any atom is -0.441 e. The van der Waals surface area contributed by atoms with Gasteiger partial charge in [0, 0.05) is 12.5 Å². The zero-order valence-electron chi connectivity index (χ0n) is 10.0. The molecule has 2 nitrogen and oxygen atoms in total. The van der Waals surface area contributed by atoms with Gasteiger partial charge in [0.2, 0.25) is 0 Å². The van der Waals surface area contributed by atoms with Gasteiger partial charge in [-0.2, -0.15) is 0 Å². The lowest BCUT2D eigenvalue weighted by molar-refractivity contribution is 0.533. The van der Waals surface area contributed by atoms with Crippen LogP contribution in [0.5, 0.6) is 0 Å². The van der Waals surface area contributed by atoms with E-state index in [4.69, 9.17) is 4.42 Å². The number of nitrogens with zero attached hydrogens (tertiary/aromatic N) is 1. The number of aromatic nitrogens is 1. The zero-order chi connectivity index (χ0) is 11.2. The molecule has 0 unspecified atom stereocenters. The van der Waals surface area contributed by atoms with Crippen molar-refractivity contribution in [1.29, 1.82) is 0 Å². The predicted octanol–water partition coefficient (Wildman–Crippen LogP) is 3.74. The lowest BCUT2D eigenvalue weighted by Gasteiger charge is -2.19. The standard InChI is InChI=1S/C13H17NO/c1-8-6-10(13(3,4)5)12-11(7-8)14-9(2)15-12/h6-7H,1-5H3. The van der Waals surface area contributed by atoms with E-state index in [1.54, 1.807) is 0 Å². The van der Waals surface area contributed by atoms with Crippen LogP contribution >= 0.6 is 0 Å². The molecule has 2 aromatic rings. The van der Waals surface area contributed by atoms with Crippen LogP contribution in [0, 0.1) is 13.8 Å². The Kier molecular flexibility index (Phi) is 2.10. The minimum atomic E-state index is 0.0935. The Hall–Kier alpha value is -1.31. The molecule has 0 saturated carbocycles. The van der Waals surface area contributed by atoms with Gasteiger partial charge >= 0.3 is 0 Å². The van der Waals surface area contributed by atoms with Crippen LogP contribution in [0.2, 0.25) is 0 Å². The Morgan fingerprint density at radius 1 is 1.13 bits per heavy atom. The van der Waals surface area contributed by atoms with Crippen LogP contribution in [0.25, 0.3) is 11.1 Å². The third kappa shape index (κ3) is 1.76. The van der Waals surface area contributed by atoms with Crippen LogP contribution in [-0.2, 0) is 5.41 Å². The Morgan fingerprint density at radius 2 is 1.80 bits per heavy atom. The van der Waals surface area contributed by atoms with Crippen molar-refractivity contribution in [2.45, 2.75) is 40.0 Å². The average Bonchev–Trinajstić information content (AvgIpc) is 2.41. The fourth-order valence-electron chi connectivity index (χ4n) is 1.84. The molecule has 80 valence electrons. The van der Waals surface area contributed by atoms with E-state index < -0.39 is 0 Å². The van der Waals surface area contributed by atoms with E-state index in [2.05, 4.69) is 44.8 Å². The van der Waals surface area contributed by atoms with Crippen molar-refractivity contribution in [2.75, 3.05) is 0 Å². The molecule has 0 N–H and O–H groups in total. The molecule has 0 spiro atoms.